The Labute approximate surface area is 102 Å². The maximum atomic E-state index is 9.81. The fourth-order valence-corrected chi connectivity index (χ4v) is 2.58. The Hall–Kier alpha value is -0.730. The molecule has 0 aromatic heterocycles. The maximum absolute atomic E-state index is 9.81. The average Bonchev–Trinajstić information content (AvgIpc) is 2.52. The molecule has 1 N–H and O–H groups in total. The normalized spacial score (nSPS) is 20.2. The predicted octanol–water partition coefficient (Wildman–Crippen LogP) is 3.42. The number of benzene rings is 1. The average molecular weight is 240 g/mol. The van der Waals surface area contributed by atoms with Crippen LogP contribution in [0.1, 0.15) is 32.3 Å². The number of aromatic hydroxyl groups is 1. The van der Waals surface area contributed by atoms with Crippen molar-refractivity contribution in [1.82, 2.24) is 4.90 Å². The molecule has 2 nitrogen and oxygen atoms in total. The monoisotopic (exact) mass is 239 g/mol. The second-order valence-electron chi connectivity index (χ2n) is 5.08. The van der Waals surface area contributed by atoms with E-state index in [1.54, 1.807) is 12.1 Å². The van der Waals surface area contributed by atoms with Crippen molar-refractivity contribution in [2.75, 3.05) is 6.54 Å². The highest BCUT2D eigenvalue weighted by atomic mass is 35.5. The second kappa shape index (κ2) is 4.27. The van der Waals surface area contributed by atoms with Gasteiger partial charge in [-0.3, -0.25) is 4.90 Å². The number of hydrogen-bond acceptors (Lipinski definition) is 2. The number of rotatable bonds is 2. The Morgan fingerprint density at radius 2 is 2.19 bits per heavy atom. The molecule has 16 heavy (non-hydrogen) atoms. The molecule has 0 saturated carbocycles. The molecule has 1 aliphatic heterocycles. The minimum absolute atomic E-state index is 0.214. The SMILES string of the molecule is CC1(C)CCCN1Cc1c(O)cccc1Cl. The van der Waals surface area contributed by atoms with E-state index in [-0.39, 0.29) is 5.54 Å². The van der Waals surface area contributed by atoms with E-state index in [1.807, 2.05) is 6.07 Å². The fraction of sp³-hybridized carbons (Fsp3) is 0.538. The Kier molecular flexibility index (Phi) is 3.13. The molecule has 1 fully saturated rings. The zero-order valence-electron chi connectivity index (χ0n) is 9.83. The highest BCUT2D eigenvalue weighted by Gasteiger charge is 2.32. The smallest absolute Gasteiger partial charge is 0.121 e. The van der Waals surface area contributed by atoms with Gasteiger partial charge in [0.1, 0.15) is 5.75 Å². The number of hydrogen-bond donors (Lipinski definition) is 1. The van der Waals surface area contributed by atoms with Crippen LogP contribution in [0.15, 0.2) is 18.2 Å². The van der Waals surface area contributed by atoms with Crippen molar-refractivity contribution in [1.29, 1.82) is 0 Å². The molecule has 3 heteroatoms. The third kappa shape index (κ3) is 2.18. The molecular weight excluding hydrogens is 222 g/mol. The first-order valence-electron chi connectivity index (χ1n) is 5.72. The fourth-order valence-electron chi connectivity index (χ4n) is 2.35. The zero-order valence-corrected chi connectivity index (χ0v) is 10.6. The molecule has 1 aromatic rings. The summed E-state index contributed by atoms with van der Waals surface area (Å²) in [5.41, 5.74) is 1.06. The van der Waals surface area contributed by atoms with Crippen molar-refractivity contribution in [2.45, 2.75) is 38.8 Å². The number of phenols is 1. The number of nitrogens with zero attached hydrogens (tertiary/aromatic N) is 1. The van der Waals surface area contributed by atoms with Gasteiger partial charge >= 0.3 is 0 Å². The molecule has 88 valence electrons. The van der Waals surface area contributed by atoms with Crippen molar-refractivity contribution >= 4 is 11.6 Å². The van der Waals surface area contributed by atoms with Gasteiger partial charge in [0.25, 0.3) is 0 Å². The van der Waals surface area contributed by atoms with Gasteiger partial charge in [0, 0.05) is 22.7 Å². The summed E-state index contributed by atoms with van der Waals surface area (Å²) in [5.74, 6) is 0.301. The molecule has 0 amide bonds. The highest BCUT2D eigenvalue weighted by molar-refractivity contribution is 6.31. The number of halogens is 1. The largest absolute Gasteiger partial charge is 0.508 e. The lowest BCUT2D eigenvalue weighted by molar-refractivity contribution is 0.165. The lowest BCUT2D eigenvalue weighted by atomic mass is 10.0. The van der Waals surface area contributed by atoms with Crippen molar-refractivity contribution in [3.63, 3.8) is 0 Å². The van der Waals surface area contributed by atoms with Crippen LogP contribution in [0.4, 0.5) is 0 Å². The molecule has 0 spiro atoms. The van der Waals surface area contributed by atoms with Crippen molar-refractivity contribution < 1.29 is 5.11 Å². The van der Waals surface area contributed by atoms with Gasteiger partial charge in [0.2, 0.25) is 0 Å². The van der Waals surface area contributed by atoms with E-state index in [4.69, 9.17) is 11.6 Å². The summed E-state index contributed by atoms with van der Waals surface area (Å²) < 4.78 is 0. The van der Waals surface area contributed by atoms with E-state index < -0.39 is 0 Å². The zero-order chi connectivity index (χ0) is 11.8. The third-order valence-corrected chi connectivity index (χ3v) is 3.87. The highest BCUT2D eigenvalue weighted by Crippen LogP contribution is 2.33. The van der Waals surface area contributed by atoms with E-state index in [0.29, 0.717) is 10.8 Å². The van der Waals surface area contributed by atoms with Crippen LogP contribution in [0.5, 0.6) is 5.75 Å². The maximum Gasteiger partial charge on any atom is 0.121 e. The van der Waals surface area contributed by atoms with Crippen LogP contribution < -0.4 is 0 Å². The van der Waals surface area contributed by atoms with E-state index in [9.17, 15) is 5.11 Å². The summed E-state index contributed by atoms with van der Waals surface area (Å²) in [6.45, 7) is 6.30. The molecule has 0 atom stereocenters. The van der Waals surface area contributed by atoms with Crippen LogP contribution in [0.2, 0.25) is 5.02 Å². The van der Waals surface area contributed by atoms with Gasteiger partial charge in [-0.15, -0.1) is 0 Å². The summed E-state index contributed by atoms with van der Waals surface area (Å²) in [4.78, 5) is 2.38. The van der Waals surface area contributed by atoms with Gasteiger partial charge < -0.3 is 5.11 Å². The first kappa shape index (κ1) is 11.7. The molecule has 1 aliphatic rings. The van der Waals surface area contributed by atoms with Gasteiger partial charge in [-0.2, -0.15) is 0 Å². The standard InChI is InChI=1S/C13H18ClNO/c1-13(2)7-4-8-15(13)9-10-11(14)5-3-6-12(10)16/h3,5-6,16H,4,7-9H2,1-2H3. The van der Waals surface area contributed by atoms with E-state index in [2.05, 4.69) is 18.7 Å². The van der Waals surface area contributed by atoms with Gasteiger partial charge in [-0.1, -0.05) is 17.7 Å². The minimum Gasteiger partial charge on any atom is -0.508 e. The molecule has 0 bridgehead atoms. The Bertz CT molecular complexity index is 369. The van der Waals surface area contributed by atoms with Crippen LogP contribution >= 0.6 is 11.6 Å². The Morgan fingerprint density at radius 1 is 1.44 bits per heavy atom. The summed E-state index contributed by atoms with van der Waals surface area (Å²) in [5, 5.41) is 10.5. The molecular formula is C13H18ClNO. The van der Waals surface area contributed by atoms with Gasteiger partial charge in [0.05, 0.1) is 0 Å². The van der Waals surface area contributed by atoms with Crippen LogP contribution in [0.25, 0.3) is 0 Å². The van der Waals surface area contributed by atoms with Crippen molar-refractivity contribution in [2.24, 2.45) is 0 Å². The van der Waals surface area contributed by atoms with Crippen molar-refractivity contribution in [3.05, 3.63) is 28.8 Å². The van der Waals surface area contributed by atoms with E-state index in [0.717, 1.165) is 18.7 Å². The minimum atomic E-state index is 0.214. The molecule has 0 unspecified atom stereocenters. The summed E-state index contributed by atoms with van der Waals surface area (Å²) in [6, 6.07) is 5.31. The Balaban J connectivity index is 2.21. The third-order valence-electron chi connectivity index (χ3n) is 3.52. The lowest BCUT2D eigenvalue weighted by Gasteiger charge is -2.31. The molecule has 0 aliphatic carbocycles. The van der Waals surface area contributed by atoms with E-state index >= 15 is 0 Å². The quantitative estimate of drug-likeness (QED) is 0.855. The molecule has 1 heterocycles. The molecule has 1 saturated heterocycles. The molecule has 1 aromatic carbocycles. The predicted molar refractivity (Wildman–Crippen MR) is 66.8 cm³/mol. The number of phenolic OH excluding ortho intramolecular Hbond substituents is 1. The van der Waals surface area contributed by atoms with Gasteiger partial charge in [0.15, 0.2) is 0 Å². The topological polar surface area (TPSA) is 23.5 Å². The first-order chi connectivity index (χ1) is 7.50. The molecule has 2 rings (SSSR count). The van der Waals surface area contributed by atoms with Crippen LogP contribution in [0.3, 0.4) is 0 Å². The van der Waals surface area contributed by atoms with Crippen molar-refractivity contribution in [3.8, 4) is 5.75 Å². The summed E-state index contributed by atoms with van der Waals surface area (Å²) >= 11 is 6.11. The summed E-state index contributed by atoms with van der Waals surface area (Å²) in [7, 11) is 0. The van der Waals surface area contributed by atoms with Crippen LogP contribution in [-0.2, 0) is 6.54 Å². The van der Waals surface area contributed by atoms with E-state index in [1.165, 1.54) is 12.8 Å². The second-order valence-corrected chi connectivity index (χ2v) is 5.48. The lowest BCUT2D eigenvalue weighted by Crippen LogP contribution is -2.37. The molecule has 0 radical (unpaired) electrons. The van der Waals surface area contributed by atoms with Gasteiger partial charge in [-0.25, -0.2) is 0 Å². The first-order valence-corrected chi connectivity index (χ1v) is 6.10. The number of likely N-dealkylation sites (tertiary alicyclic amines) is 1. The van der Waals surface area contributed by atoms with Gasteiger partial charge in [-0.05, 0) is 45.4 Å². The summed E-state index contributed by atoms with van der Waals surface area (Å²) in [6.07, 6.45) is 2.43. The van der Waals surface area contributed by atoms with Crippen LogP contribution in [0, 0.1) is 0 Å². The Morgan fingerprint density at radius 3 is 2.75 bits per heavy atom. The van der Waals surface area contributed by atoms with Crippen LogP contribution in [-0.4, -0.2) is 22.1 Å².